The lowest BCUT2D eigenvalue weighted by atomic mass is 9.91. The number of rotatable bonds is 7. The second kappa shape index (κ2) is 9.35. The lowest BCUT2D eigenvalue weighted by Gasteiger charge is -2.19. The fraction of sp³-hybridized carbons (Fsp3) is 0.292. The molecule has 0 saturated carbocycles. The van der Waals surface area contributed by atoms with Gasteiger partial charge in [0.05, 0.1) is 12.9 Å². The number of anilines is 2. The minimum atomic E-state index is -1.26. The summed E-state index contributed by atoms with van der Waals surface area (Å²) >= 11 is 0. The zero-order chi connectivity index (χ0) is 23.7. The number of aromatic nitrogens is 4. The van der Waals surface area contributed by atoms with Gasteiger partial charge in [-0.25, -0.2) is 4.98 Å². The van der Waals surface area contributed by atoms with Crippen molar-refractivity contribution in [2.75, 3.05) is 24.2 Å². The molecule has 2 aromatic carbocycles. The first-order valence-electron chi connectivity index (χ1n) is 11.0. The second-order valence-electron chi connectivity index (χ2n) is 8.24. The van der Waals surface area contributed by atoms with Gasteiger partial charge in [0.15, 0.2) is 17.7 Å². The van der Waals surface area contributed by atoms with Crippen LogP contribution in [0.25, 0.3) is 11.2 Å². The molecule has 0 radical (unpaired) electrons. The van der Waals surface area contributed by atoms with E-state index in [0.29, 0.717) is 23.7 Å². The fourth-order valence-corrected chi connectivity index (χ4v) is 4.31. The SMILES string of the molecule is Nc1nc(NCC(c2ccccc2)c2ccccc2)nc2c1ncn2C1O[C@H](CO)[C@@H](O)[C@H]1O. The van der Waals surface area contributed by atoms with Crippen LogP contribution >= 0.6 is 0 Å². The molecule has 34 heavy (non-hydrogen) atoms. The van der Waals surface area contributed by atoms with E-state index >= 15 is 0 Å². The number of fused-ring (bicyclic) bond motifs is 1. The van der Waals surface area contributed by atoms with Crippen LogP contribution in [0.3, 0.4) is 0 Å². The number of aliphatic hydroxyl groups excluding tert-OH is 3. The Morgan fingerprint density at radius 3 is 2.21 bits per heavy atom. The third-order valence-corrected chi connectivity index (χ3v) is 6.11. The number of benzene rings is 2. The summed E-state index contributed by atoms with van der Waals surface area (Å²) in [4.78, 5) is 13.2. The van der Waals surface area contributed by atoms with Crippen LogP contribution in [-0.4, -0.2) is 66.3 Å². The molecule has 2 aromatic heterocycles. The smallest absolute Gasteiger partial charge is 0.226 e. The van der Waals surface area contributed by atoms with Crippen molar-refractivity contribution < 1.29 is 20.1 Å². The summed E-state index contributed by atoms with van der Waals surface area (Å²) in [5, 5.41) is 33.3. The number of nitrogens with two attached hydrogens (primary N) is 1. The average molecular weight is 463 g/mol. The normalized spacial score (nSPS) is 22.5. The van der Waals surface area contributed by atoms with Crippen molar-refractivity contribution in [3.05, 3.63) is 78.1 Å². The maximum absolute atomic E-state index is 10.4. The number of hydrogen-bond acceptors (Lipinski definition) is 9. The van der Waals surface area contributed by atoms with Gasteiger partial charge >= 0.3 is 0 Å². The quantitative estimate of drug-likeness (QED) is 0.273. The predicted octanol–water partition coefficient (Wildman–Crippen LogP) is 1.26. The first-order valence-corrected chi connectivity index (χ1v) is 11.0. The van der Waals surface area contributed by atoms with Crippen molar-refractivity contribution in [2.45, 2.75) is 30.5 Å². The minimum Gasteiger partial charge on any atom is -0.394 e. The van der Waals surface area contributed by atoms with Gasteiger partial charge < -0.3 is 31.1 Å². The number of ether oxygens (including phenoxy) is 1. The molecule has 1 fully saturated rings. The van der Waals surface area contributed by atoms with Gasteiger partial charge in [0.1, 0.15) is 23.8 Å². The highest BCUT2D eigenvalue weighted by Gasteiger charge is 2.44. The van der Waals surface area contributed by atoms with Gasteiger partial charge in [-0.2, -0.15) is 9.97 Å². The number of nitrogens with one attached hydrogen (secondary N) is 1. The minimum absolute atomic E-state index is 0.0493. The van der Waals surface area contributed by atoms with Crippen molar-refractivity contribution >= 4 is 22.9 Å². The van der Waals surface area contributed by atoms with Gasteiger partial charge in [-0.15, -0.1) is 0 Å². The maximum atomic E-state index is 10.4. The molecular weight excluding hydrogens is 436 g/mol. The Labute approximate surface area is 195 Å². The molecule has 10 nitrogen and oxygen atoms in total. The van der Waals surface area contributed by atoms with Crippen LogP contribution in [0.15, 0.2) is 67.0 Å². The van der Waals surface area contributed by atoms with Crippen LogP contribution in [0, 0.1) is 0 Å². The standard InChI is InChI=1S/C24H26N6O4/c25-21-18-22(30(13-27-18)23-20(33)19(32)17(12-31)34-23)29-24(28-21)26-11-16(14-7-3-1-4-8-14)15-9-5-2-6-10-15/h1-10,13,16-17,19-20,23,31-33H,11-12H2,(H3,25,26,28,29)/t17-,19-,20-,23?/m1/s1. The van der Waals surface area contributed by atoms with Crippen molar-refractivity contribution in [3.8, 4) is 0 Å². The van der Waals surface area contributed by atoms with Crippen LogP contribution in [0.5, 0.6) is 0 Å². The summed E-state index contributed by atoms with van der Waals surface area (Å²) in [5.41, 5.74) is 9.14. The maximum Gasteiger partial charge on any atom is 0.226 e. The highest BCUT2D eigenvalue weighted by atomic mass is 16.6. The Balaban J connectivity index is 1.44. The monoisotopic (exact) mass is 462 g/mol. The average Bonchev–Trinajstić information content (AvgIpc) is 3.41. The molecule has 0 amide bonds. The Morgan fingerprint density at radius 1 is 0.971 bits per heavy atom. The second-order valence-corrected chi connectivity index (χ2v) is 8.24. The molecule has 4 atom stereocenters. The largest absolute Gasteiger partial charge is 0.394 e. The Hall–Kier alpha value is -3.57. The van der Waals surface area contributed by atoms with E-state index in [4.69, 9.17) is 10.5 Å². The van der Waals surface area contributed by atoms with Crippen LogP contribution < -0.4 is 11.1 Å². The molecule has 1 aliphatic heterocycles. The highest BCUT2D eigenvalue weighted by molar-refractivity contribution is 5.83. The van der Waals surface area contributed by atoms with Crippen molar-refractivity contribution in [3.63, 3.8) is 0 Å². The first kappa shape index (κ1) is 22.2. The molecule has 176 valence electrons. The first-order chi connectivity index (χ1) is 16.6. The molecule has 6 N–H and O–H groups in total. The molecule has 0 aliphatic carbocycles. The zero-order valence-electron chi connectivity index (χ0n) is 18.3. The van der Waals surface area contributed by atoms with Crippen molar-refractivity contribution in [1.82, 2.24) is 19.5 Å². The third-order valence-electron chi connectivity index (χ3n) is 6.11. The van der Waals surface area contributed by atoms with Crippen LogP contribution in [-0.2, 0) is 4.74 Å². The van der Waals surface area contributed by atoms with E-state index in [9.17, 15) is 15.3 Å². The Bertz CT molecular complexity index is 1210. The lowest BCUT2D eigenvalue weighted by molar-refractivity contribution is -0.0511. The summed E-state index contributed by atoms with van der Waals surface area (Å²) in [6.45, 7) is 0.0899. The van der Waals surface area contributed by atoms with Gasteiger partial charge in [0, 0.05) is 12.5 Å². The fourth-order valence-electron chi connectivity index (χ4n) is 4.31. The molecule has 4 aromatic rings. The summed E-state index contributed by atoms with van der Waals surface area (Å²) in [5.74, 6) is 0.526. The van der Waals surface area contributed by atoms with E-state index in [1.165, 1.54) is 10.9 Å². The number of aliphatic hydroxyl groups is 3. The molecule has 1 unspecified atom stereocenters. The molecule has 5 rings (SSSR count). The van der Waals surface area contributed by atoms with Gasteiger partial charge in [-0.3, -0.25) is 4.57 Å². The summed E-state index contributed by atoms with van der Waals surface area (Å²) in [6, 6.07) is 20.3. The Kier molecular flexibility index (Phi) is 6.12. The van der Waals surface area contributed by atoms with E-state index in [0.717, 1.165) is 11.1 Å². The van der Waals surface area contributed by atoms with Crippen LogP contribution in [0.2, 0.25) is 0 Å². The van der Waals surface area contributed by atoms with Gasteiger partial charge in [0.2, 0.25) is 5.95 Å². The molecule has 0 spiro atoms. The number of hydrogen-bond donors (Lipinski definition) is 5. The van der Waals surface area contributed by atoms with E-state index < -0.39 is 31.1 Å². The lowest BCUT2D eigenvalue weighted by Crippen LogP contribution is -2.33. The van der Waals surface area contributed by atoms with Crippen LogP contribution in [0.1, 0.15) is 23.3 Å². The summed E-state index contributed by atoms with van der Waals surface area (Å²) < 4.78 is 7.13. The summed E-state index contributed by atoms with van der Waals surface area (Å²) in [7, 11) is 0. The van der Waals surface area contributed by atoms with Gasteiger partial charge in [-0.05, 0) is 11.1 Å². The van der Waals surface area contributed by atoms with E-state index in [-0.39, 0.29) is 11.7 Å². The van der Waals surface area contributed by atoms with Crippen LogP contribution in [0.4, 0.5) is 11.8 Å². The number of imidazole rings is 1. The molecule has 1 aliphatic rings. The highest BCUT2D eigenvalue weighted by Crippen LogP contribution is 2.32. The number of nitrogen functional groups attached to an aromatic ring is 1. The number of nitrogens with zero attached hydrogens (tertiary/aromatic N) is 4. The topological polar surface area (TPSA) is 152 Å². The van der Waals surface area contributed by atoms with Gasteiger partial charge in [0.25, 0.3) is 0 Å². The predicted molar refractivity (Wildman–Crippen MR) is 126 cm³/mol. The molecule has 10 heteroatoms. The molecule has 1 saturated heterocycles. The summed E-state index contributed by atoms with van der Waals surface area (Å²) in [6.07, 6.45) is -2.95. The zero-order valence-corrected chi connectivity index (χ0v) is 18.3. The molecular formula is C24H26N6O4. The van der Waals surface area contributed by atoms with Crippen molar-refractivity contribution in [1.29, 1.82) is 0 Å². The van der Waals surface area contributed by atoms with E-state index in [2.05, 4.69) is 44.5 Å². The van der Waals surface area contributed by atoms with Gasteiger partial charge in [-0.1, -0.05) is 60.7 Å². The Morgan fingerprint density at radius 2 is 1.62 bits per heavy atom. The molecule has 0 bridgehead atoms. The third kappa shape index (κ3) is 4.08. The van der Waals surface area contributed by atoms with E-state index in [1.54, 1.807) is 0 Å². The van der Waals surface area contributed by atoms with Crippen molar-refractivity contribution in [2.24, 2.45) is 0 Å². The molecule has 3 heterocycles. The van der Waals surface area contributed by atoms with E-state index in [1.807, 2.05) is 36.4 Å².